The number of nitrogens with one attached hydrogen (secondary N) is 2. The SMILES string of the molecule is COc1ccccc1C=NNC(=O)CNc1ccccc1C. The molecule has 0 aromatic heterocycles. The van der Waals surface area contributed by atoms with Gasteiger partial charge in [0.25, 0.3) is 5.91 Å². The molecule has 0 unspecified atom stereocenters. The number of benzene rings is 2. The fourth-order valence-electron chi connectivity index (χ4n) is 1.93. The van der Waals surface area contributed by atoms with E-state index in [1.54, 1.807) is 13.3 Å². The van der Waals surface area contributed by atoms with Gasteiger partial charge in [0.15, 0.2) is 0 Å². The van der Waals surface area contributed by atoms with Gasteiger partial charge in [0.05, 0.1) is 19.9 Å². The molecule has 0 aliphatic heterocycles. The number of nitrogens with zero attached hydrogens (tertiary/aromatic N) is 1. The number of rotatable bonds is 6. The van der Waals surface area contributed by atoms with E-state index in [9.17, 15) is 4.79 Å². The summed E-state index contributed by atoms with van der Waals surface area (Å²) in [5, 5.41) is 7.01. The van der Waals surface area contributed by atoms with Crippen molar-refractivity contribution >= 4 is 17.8 Å². The Morgan fingerprint density at radius 1 is 1.18 bits per heavy atom. The minimum atomic E-state index is -0.214. The van der Waals surface area contributed by atoms with Crippen LogP contribution in [0.15, 0.2) is 53.6 Å². The van der Waals surface area contributed by atoms with E-state index in [-0.39, 0.29) is 12.5 Å². The summed E-state index contributed by atoms with van der Waals surface area (Å²) >= 11 is 0. The molecule has 114 valence electrons. The normalized spacial score (nSPS) is 10.5. The third-order valence-corrected chi connectivity index (χ3v) is 3.12. The first-order chi connectivity index (χ1) is 10.7. The van der Waals surface area contributed by atoms with Crippen LogP contribution in [-0.2, 0) is 4.79 Å². The summed E-state index contributed by atoms with van der Waals surface area (Å²) in [5.74, 6) is 0.493. The highest BCUT2D eigenvalue weighted by Gasteiger charge is 2.02. The van der Waals surface area contributed by atoms with E-state index >= 15 is 0 Å². The summed E-state index contributed by atoms with van der Waals surface area (Å²) in [7, 11) is 1.59. The molecular weight excluding hydrogens is 278 g/mol. The Balaban J connectivity index is 1.85. The number of carbonyl (C=O) groups is 1. The van der Waals surface area contributed by atoms with Gasteiger partial charge in [0.1, 0.15) is 5.75 Å². The van der Waals surface area contributed by atoms with E-state index in [1.807, 2.05) is 55.5 Å². The van der Waals surface area contributed by atoms with Crippen molar-refractivity contribution < 1.29 is 9.53 Å². The van der Waals surface area contributed by atoms with Crippen molar-refractivity contribution in [1.29, 1.82) is 0 Å². The van der Waals surface area contributed by atoms with E-state index < -0.39 is 0 Å². The number of methoxy groups -OCH3 is 1. The summed E-state index contributed by atoms with van der Waals surface area (Å²) in [5.41, 5.74) is 5.31. The van der Waals surface area contributed by atoms with Crippen LogP contribution in [0.4, 0.5) is 5.69 Å². The van der Waals surface area contributed by atoms with E-state index in [4.69, 9.17) is 4.74 Å². The Morgan fingerprint density at radius 2 is 1.91 bits per heavy atom. The third-order valence-electron chi connectivity index (χ3n) is 3.12. The second kappa shape index (κ2) is 7.83. The van der Waals surface area contributed by atoms with Gasteiger partial charge in [-0.2, -0.15) is 5.10 Å². The average molecular weight is 297 g/mol. The lowest BCUT2D eigenvalue weighted by atomic mass is 10.2. The molecule has 0 bridgehead atoms. The van der Waals surface area contributed by atoms with Crippen LogP contribution < -0.4 is 15.5 Å². The molecule has 5 nitrogen and oxygen atoms in total. The first kappa shape index (κ1) is 15.6. The Labute approximate surface area is 130 Å². The molecule has 5 heteroatoms. The van der Waals surface area contributed by atoms with Crippen molar-refractivity contribution in [3.8, 4) is 5.75 Å². The zero-order chi connectivity index (χ0) is 15.8. The van der Waals surface area contributed by atoms with Crippen LogP contribution in [0, 0.1) is 6.92 Å². The van der Waals surface area contributed by atoms with E-state index in [2.05, 4.69) is 15.8 Å². The highest BCUT2D eigenvalue weighted by atomic mass is 16.5. The molecule has 1 amide bonds. The standard InChI is InChI=1S/C17H19N3O2/c1-13-7-3-5-9-15(13)18-12-17(21)20-19-11-14-8-4-6-10-16(14)22-2/h3-11,18H,12H2,1-2H3,(H,20,21). The monoisotopic (exact) mass is 297 g/mol. The van der Waals surface area contributed by atoms with Crippen LogP contribution in [0.25, 0.3) is 0 Å². The Morgan fingerprint density at radius 3 is 2.68 bits per heavy atom. The van der Waals surface area contributed by atoms with Gasteiger partial charge >= 0.3 is 0 Å². The predicted molar refractivity (Wildman–Crippen MR) is 88.4 cm³/mol. The maximum atomic E-state index is 11.8. The third kappa shape index (κ3) is 4.34. The molecule has 0 heterocycles. The van der Waals surface area contributed by atoms with Gasteiger partial charge in [-0.1, -0.05) is 30.3 Å². The highest BCUT2D eigenvalue weighted by molar-refractivity contribution is 5.86. The lowest BCUT2D eigenvalue weighted by Gasteiger charge is -2.08. The molecule has 0 spiro atoms. The summed E-state index contributed by atoms with van der Waals surface area (Å²) in [6.07, 6.45) is 1.56. The van der Waals surface area contributed by atoms with Gasteiger partial charge in [-0.25, -0.2) is 5.43 Å². The molecule has 0 radical (unpaired) electrons. The fraction of sp³-hybridized carbons (Fsp3) is 0.176. The number of hydrogen-bond acceptors (Lipinski definition) is 4. The Hall–Kier alpha value is -2.82. The van der Waals surface area contributed by atoms with Crippen molar-refractivity contribution in [1.82, 2.24) is 5.43 Å². The van der Waals surface area contributed by atoms with Crippen LogP contribution in [0.1, 0.15) is 11.1 Å². The zero-order valence-electron chi connectivity index (χ0n) is 12.7. The molecule has 0 aliphatic carbocycles. The molecule has 2 aromatic carbocycles. The molecule has 2 aromatic rings. The van der Waals surface area contributed by atoms with E-state index in [0.29, 0.717) is 5.75 Å². The van der Waals surface area contributed by atoms with Crippen molar-refractivity contribution in [2.75, 3.05) is 19.0 Å². The molecule has 2 rings (SSSR count). The van der Waals surface area contributed by atoms with Gasteiger partial charge in [-0.3, -0.25) is 4.79 Å². The molecule has 0 atom stereocenters. The average Bonchev–Trinajstić information content (AvgIpc) is 2.54. The summed E-state index contributed by atoms with van der Waals surface area (Å²) in [6, 6.07) is 15.3. The van der Waals surface area contributed by atoms with Crippen LogP contribution in [-0.4, -0.2) is 25.8 Å². The van der Waals surface area contributed by atoms with Crippen LogP contribution in [0.3, 0.4) is 0 Å². The van der Waals surface area contributed by atoms with Gasteiger partial charge in [-0.05, 0) is 30.7 Å². The number of amides is 1. The fourth-order valence-corrected chi connectivity index (χ4v) is 1.93. The molecule has 22 heavy (non-hydrogen) atoms. The number of anilines is 1. The zero-order valence-corrected chi connectivity index (χ0v) is 12.7. The maximum Gasteiger partial charge on any atom is 0.259 e. The molecule has 0 saturated heterocycles. The largest absolute Gasteiger partial charge is 0.496 e. The number of ether oxygens (including phenoxy) is 1. The van der Waals surface area contributed by atoms with Crippen molar-refractivity contribution in [2.24, 2.45) is 5.10 Å². The lowest BCUT2D eigenvalue weighted by Crippen LogP contribution is -2.26. The number of para-hydroxylation sites is 2. The van der Waals surface area contributed by atoms with Gasteiger partial charge in [-0.15, -0.1) is 0 Å². The quantitative estimate of drug-likeness (QED) is 0.636. The lowest BCUT2D eigenvalue weighted by molar-refractivity contribution is -0.119. The smallest absolute Gasteiger partial charge is 0.259 e. The highest BCUT2D eigenvalue weighted by Crippen LogP contribution is 2.14. The second-order valence-electron chi connectivity index (χ2n) is 4.70. The van der Waals surface area contributed by atoms with Crippen molar-refractivity contribution in [2.45, 2.75) is 6.92 Å². The molecule has 2 N–H and O–H groups in total. The number of hydrogen-bond donors (Lipinski definition) is 2. The molecular formula is C17H19N3O2. The summed E-state index contributed by atoms with van der Waals surface area (Å²) in [6.45, 7) is 2.15. The van der Waals surface area contributed by atoms with Crippen LogP contribution >= 0.6 is 0 Å². The maximum absolute atomic E-state index is 11.8. The van der Waals surface area contributed by atoms with Crippen molar-refractivity contribution in [3.63, 3.8) is 0 Å². The second-order valence-corrected chi connectivity index (χ2v) is 4.70. The first-order valence-electron chi connectivity index (χ1n) is 6.95. The minimum absolute atomic E-state index is 0.161. The topological polar surface area (TPSA) is 62.7 Å². The number of hydrazone groups is 1. The Bertz CT molecular complexity index is 668. The van der Waals surface area contributed by atoms with Crippen LogP contribution in [0.5, 0.6) is 5.75 Å². The number of carbonyl (C=O) groups excluding carboxylic acids is 1. The Kier molecular flexibility index (Phi) is 5.54. The minimum Gasteiger partial charge on any atom is -0.496 e. The first-order valence-corrected chi connectivity index (χ1v) is 6.95. The summed E-state index contributed by atoms with van der Waals surface area (Å²) in [4.78, 5) is 11.8. The summed E-state index contributed by atoms with van der Waals surface area (Å²) < 4.78 is 5.21. The van der Waals surface area contributed by atoms with Gasteiger partial charge in [0, 0.05) is 11.3 Å². The van der Waals surface area contributed by atoms with Crippen molar-refractivity contribution in [3.05, 3.63) is 59.7 Å². The van der Waals surface area contributed by atoms with E-state index in [1.165, 1.54) is 0 Å². The van der Waals surface area contributed by atoms with E-state index in [0.717, 1.165) is 16.8 Å². The van der Waals surface area contributed by atoms with Gasteiger partial charge < -0.3 is 10.1 Å². The number of aryl methyl sites for hydroxylation is 1. The van der Waals surface area contributed by atoms with Crippen LogP contribution in [0.2, 0.25) is 0 Å². The molecule has 0 fully saturated rings. The molecule has 0 aliphatic rings. The molecule has 0 saturated carbocycles. The predicted octanol–water partition coefficient (Wildman–Crippen LogP) is 2.57. The van der Waals surface area contributed by atoms with Gasteiger partial charge in [0.2, 0.25) is 0 Å².